The van der Waals surface area contributed by atoms with Gasteiger partial charge in [-0.05, 0) is 32.4 Å². The molecule has 1 amide bonds. The van der Waals surface area contributed by atoms with Crippen LogP contribution < -0.4 is 10.9 Å². The molecule has 0 aliphatic carbocycles. The molecule has 9 nitrogen and oxygen atoms in total. The van der Waals surface area contributed by atoms with Crippen LogP contribution in [0.15, 0.2) is 39.9 Å². The van der Waals surface area contributed by atoms with Crippen LogP contribution in [0.1, 0.15) is 42.4 Å². The van der Waals surface area contributed by atoms with Gasteiger partial charge in [0, 0.05) is 5.69 Å². The number of anilines is 1. The van der Waals surface area contributed by atoms with Crippen LogP contribution in [-0.2, 0) is 9.53 Å². The Bertz CT molecular complexity index is 1070. The fraction of sp³-hybridized carbons (Fsp3) is 0.316. The van der Waals surface area contributed by atoms with Crippen LogP contribution in [0.4, 0.5) is 5.69 Å². The van der Waals surface area contributed by atoms with Gasteiger partial charge in [0.15, 0.2) is 0 Å². The highest BCUT2D eigenvalue weighted by Gasteiger charge is 2.26. The lowest BCUT2D eigenvalue weighted by molar-refractivity contribution is -0.119. The summed E-state index contributed by atoms with van der Waals surface area (Å²) >= 11 is 0. The van der Waals surface area contributed by atoms with E-state index in [4.69, 9.17) is 9.26 Å². The van der Waals surface area contributed by atoms with E-state index in [1.165, 1.54) is 10.9 Å². The highest BCUT2D eigenvalue weighted by Crippen LogP contribution is 2.18. The molecule has 0 fully saturated rings. The molecule has 0 bridgehead atoms. The maximum atomic E-state index is 13.0. The van der Waals surface area contributed by atoms with E-state index in [-0.39, 0.29) is 29.3 Å². The normalized spacial score (nSPS) is 12.0. The van der Waals surface area contributed by atoms with Gasteiger partial charge < -0.3 is 14.6 Å². The average molecular weight is 384 g/mol. The van der Waals surface area contributed by atoms with Crippen LogP contribution >= 0.6 is 0 Å². The number of carbonyl (C=O) groups excluding carboxylic acids is 2. The highest BCUT2D eigenvalue weighted by molar-refractivity contribution is 6.00. The number of ether oxygens (including phenoxy) is 1. The number of aromatic nitrogens is 3. The lowest BCUT2D eigenvalue weighted by atomic mass is 10.1. The summed E-state index contributed by atoms with van der Waals surface area (Å²) in [6.07, 6.45) is 1.55. The monoisotopic (exact) mass is 384 g/mol. The third-order valence-corrected chi connectivity index (χ3v) is 4.23. The van der Waals surface area contributed by atoms with Crippen LogP contribution in [0.3, 0.4) is 0 Å². The summed E-state index contributed by atoms with van der Waals surface area (Å²) < 4.78 is 11.0. The van der Waals surface area contributed by atoms with Gasteiger partial charge in [-0.2, -0.15) is 0 Å². The number of hydrogen-bond donors (Lipinski definition) is 1. The van der Waals surface area contributed by atoms with Gasteiger partial charge in [0.1, 0.15) is 17.8 Å². The molecule has 1 atom stereocenters. The van der Waals surface area contributed by atoms with Crippen molar-refractivity contribution in [2.75, 3.05) is 11.9 Å². The molecule has 0 aliphatic heterocycles. The molecule has 9 heteroatoms. The first kappa shape index (κ1) is 19.3. The van der Waals surface area contributed by atoms with Crippen LogP contribution in [0.2, 0.25) is 0 Å². The van der Waals surface area contributed by atoms with Gasteiger partial charge >= 0.3 is 5.97 Å². The summed E-state index contributed by atoms with van der Waals surface area (Å²) in [7, 11) is 0. The second-order valence-electron chi connectivity index (χ2n) is 6.17. The smallest absolute Gasteiger partial charge is 0.361 e. The molecule has 1 aromatic carbocycles. The molecule has 0 saturated carbocycles. The van der Waals surface area contributed by atoms with Crippen molar-refractivity contribution in [3.8, 4) is 0 Å². The first-order valence-electron chi connectivity index (χ1n) is 8.87. The van der Waals surface area contributed by atoms with Gasteiger partial charge in [-0.3, -0.25) is 14.2 Å². The van der Waals surface area contributed by atoms with E-state index in [1.54, 1.807) is 26.0 Å². The number of aryl methyl sites for hydroxylation is 1. The molecule has 1 unspecified atom stereocenters. The molecule has 3 rings (SSSR count). The minimum absolute atomic E-state index is 0.0851. The number of fused-ring (bicyclic) bond motifs is 1. The van der Waals surface area contributed by atoms with Gasteiger partial charge in [-0.1, -0.05) is 29.8 Å². The van der Waals surface area contributed by atoms with E-state index >= 15 is 0 Å². The standard InChI is InChI=1S/C19H20N4O5/c1-4-13(16(24)21-12-8-6-11(3)7-9-12)23-10-20-17-14(18(23)25)15(22-28-17)19(26)27-5-2/h6-10,13H,4-5H2,1-3H3,(H,21,24). The van der Waals surface area contributed by atoms with Gasteiger partial charge in [0.05, 0.1) is 6.61 Å². The molecule has 0 saturated heterocycles. The lowest BCUT2D eigenvalue weighted by Gasteiger charge is -2.17. The Morgan fingerprint density at radius 2 is 1.96 bits per heavy atom. The molecule has 2 heterocycles. The summed E-state index contributed by atoms with van der Waals surface area (Å²) in [5.41, 5.74) is 0.749. The SMILES string of the molecule is CCOC(=O)c1noc2ncn(C(CC)C(=O)Nc3ccc(C)cc3)c(=O)c12. The van der Waals surface area contributed by atoms with Crippen molar-refractivity contribution >= 4 is 28.7 Å². The zero-order valence-corrected chi connectivity index (χ0v) is 15.8. The maximum absolute atomic E-state index is 13.0. The first-order chi connectivity index (χ1) is 13.5. The molecular weight excluding hydrogens is 364 g/mol. The third kappa shape index (κ3) is 3.64. The van der Waals surface area contributed by atoms with E-state index < -0.39 is 17.6 Å². The topological polar surface area (TPSA) is 116 Å². The molecule has 0 aliphatic rings. The van der Waals surface area contributed by atoms with Crippen LogP contribution in [-0.4, -0.2) is 33.2 Å². The average Bonchev–Trinajstić information content (AvgIpc) is 3.11. The maximum Gasteiger partial charge on any atom is 0.361 e. The van der Waals surface area contributed by atoms with E-state index in [9.17, 15) is 14.4 Å². The summed E-state index contributed by atoms with van der Waals surface area (Å²) in [6, 6.07) is 6.49. The summed E-state index contributed by atoms with van der Waals surface area (Å²) in [4.78, 5) is 41.8. The predicted octanol–water partition coefficient (Wildman–Crippen LogP) is 2.46. The second-order valence-corrected chi connectivity index (χ2v) is 6.17. The largest absolute Gasteiger partial charge is 0.461 e. The predicted molar refractivity (Wildman–Crippen MR) is 101 cm³/mol. The Labute approximate surface area is 160 Å². The molecular formula is C19H20N4O5. The molecule has 3 aromatic rings. The molecule has 2 aromatic heterocycles. The van der Waals surface area contributed by atoms with Gasteiger partial charge in [0.25, 0.3) is 11.3 Å². The molecule has 146 valence electrons. The highest BCUT2D eigenvalue weighted by atomic mass is 16.5. The molecule has 0 radical (unpaired) electrons. The number of carbonyl (C=O) groups is 2. The molecule has 1 N–H and O–H groups in total. The molecule has 0 spiro atoms. The molecule has 28 heavy (non-hydrogen) atoms. The van der Waals surface area contributed by atoms with Crippen molar-refractivity contribution in [2.45, 2.75) is 33.2 Å². The van der Waals surface area contributed by atoms with Crippen LogP contribution in [0.5, 0.6) is 0 Å². The number of hydrogen-bond acceptors (Lipinski definition) is 7. The van der Waals surface area contributed by atoms with E-state index in [0.29, 0.717) is 12.1 Å². The van der Waals surface area contributed by atoms with Gasteiger partial charge in [-0.25, -0.2) is 9.78 Å². The third-order valence-electron chi connectivity index (χ3n) is 4.23. The van der Waals surface area contributed by atoms with Crippen LogP contribution in [0, 0.1) is 6.92 Å². The summed E-state index contributed by atoms with van der Waals surface area (Å²) in [5.74, 6) is -1.15. The summed E-state index contributed by atoms with van der Waals surface area (Å²) in [5, 5.41) is 6.28. The lowest BCUT2D eigenvalue weighted by Crippen LogP contribution is -2.33. The quantitative estimate of drug-likeness (QED) is 0.649. The van der Waals surface area contributed by atoms with Crippen molar-refractivity contribution in [3.05, 3.63) is 52.2 Å². The Hall–Kier alpha value is -3.49. The van der Waals surface area contributed by atoms with Crippen molar-refractivity contribution in [1.82, 2.24) is 14.7 Å². The van der Waals surface area contributed by atoms with Crippen molar-refractivity contribution in [2.24, 2.45) is 0 Å². The number of nitrogens with one attached hydrogen (secondary N) is 1. The van der Waals surface area contributed by atoms with Gasteiger partial charge in [-0.15, -0.1) is 0 Å². The number of esters is 1. The second kappa shape index (κ2) is 8.03. The first-order valence-corrected chi connectivity index (χ1v) is 8.87. The minimum Gasteiger partial charge on any atom is -0.461 e. The van der Waals surface area contributed by atoms with Crippen molar-refractivity contribution in [3.63, 3.8) is 0 Å². The number of nitrogens with zero attached hydrogens (tertiary/aromatic N) is 3. The fourth-order valence-corrected chi connectivity index (χ4v) is 2.79. The Morgan fingerprint density at radius 3 is 2.61 bits per heavy atom. The number of amides is 1. The Kier molecular flexibility index (Phi) is 5.53. The van der Waals surface area contributed by atoms with E-state index in [1.807, 2.05) is 19.1 Å². The zero-order chi connectivity index (χ0) is 20.3. The fourth-order valence-electron chi connectivity index (χ4n) is 2.79. The van der Waals surface area contributed by atoms with Gasteiger partial charge in [0.2, 0.25) is 11.6 Å². The van der Waals surface area contributed by atoms with Crippen molar-refractivity contribution < 1.29 is 18.8 Å². The Morgan fingerprint density at radius 1 is 1.25 bits per heavy atom. The van der Waals surface area contributed by atoms with E-state index in [0.717, 1.165) is 5.56 Å². The van der Waals surface area contributed by atoms with E-state index in [2.05, 4.69) is 15.5 Å². The number of rotatable bonds is 6. The minimum atomic E-state index is -0.823. The zero-order valence-electron chi connectivity index (χ0n) is 15.8. The van der Waals surface area contributed by atoms with Crippen LogP contribution in [0.25, 0.3) is 11.1 Å². The number of benzene rings is 1. The van der Waals surface area contributed by atoms with Crippen molar-refractivity contribution in [1.29, 1.82) is 0 Å². The Balaban J connectivity index is 1.98. The summed E-state index contributed by atoms with van der Waals surface area (Å²) in [6.45, 7) is 5.48.